The van der Waals surface area contributed by atoms with Crippen LogP contribution in [-0.4, -0.2) is 17.4 Å². The Balaban J connectivity index is 2.69. The Morgan fingerprint density at radius 3 is 2.62 bits per heavy atom. The van der Waals surface area contributed by atoms with Crippen molar-refractivity contribution < 1.29 is 18.4 Å². The van der Waals surface area contributed by atoms with E-state index in [1.165, 1.54) is 0 Å². The molecule has 1 aliphatic heterocycles. The van der Waals surface area contributed by atoms with Gasteiger partial charge in [-0.3, -0.25) is 4.57 Å². The second-order valence-corrected chi connectivity index (χ2v) is 3.57. The van der Waals surface area contributed by atoms with Gasteiger partial charge in [-0.2, -0.15) is 0 Å². The van der Waals surface area contributed by atoms with Gasteiger partial charge in [-0.1, -0.05) is 0 Å². The fourth-order valence-corrected chi connectivity index (χ4v) is 1.49. The van der Waals surface area contributed by atoms with Gasteiger partial charge in [-0.15, -0.1) is 0 Å². The van der Waals surface area contributed by atoms with Gasteiger partial charge in [-0.05, 0) is 0 Å². The molecule has 0 radical (unpaired) electrons. The molecule has 2 unspecified atom stereocenters. The average molecular weight is 140 g/mol. The van der Waals surface area contributed by atoms with E-state index < -0.39 is 13.5 Å². The van der Waals surface area contributed by atoms with E-state index in [1.807, 2.05) is 0 Å². The van der Waals surface area contributed by atoms with Crippen molar-refractivity contribution in [3.05, 3.63) is 0 Å². The fraction of sp³-hybridized carbons (Fsp3) is 1.00. The molecule has 3 nitrogen and oxygen atoms in total. The quantitative estimate of drug-likeness (QED) is 0.508. The maximum Gasteiger partial charge on any atom is 0.362 e. The second-order valence-electron chi connectivity index (χ2n) is 1.62. The lowest BCUT2D eigenvalue weighted by molar-refractivity contribution is 0.292. The van der Waals surface area contributed by atoms with Crippen LogP contribution in [0.2, 0.25) is 0 Å². The van der Waals surface area contributed by atoms with E-state index in [1.54, 1.807) is 0 Å². The number of rotatable bonds is 0. The van der Waals surface area contributed by atoms with Gasteiger partial charge in [0, 0.05) is 6.42 Å². The van der Waals surface area contributed by atoms with Crippen molar-refractivity contribution in [2.24, 2.45) is 0 Å². The number of hydrogen-bond donors (Lipinski definition) is 1. The SMILES string of the molecule is O=P1(O)OCCC1F. The first-order valence-corrected chi connectivity index (χ1v) is 3.89. The lowest BCUT2D eigenvalue weighted by Gasteiger charge is -2.01. The lowest BCUT2D eigenvalue weighted by Crippen LogP contribution is -1.90. The van der Waals surface area contributed by atoms with Crippen LogP contribution in [0.4, 0.5) is 4.39 Å². The minimum atomic E-state index is -3.80. The minimum absolute atomic E-state index is 0.0494. The highest BCUT2D eigenvalue weighted by atomic mass is 31.2. The molecular weight excluding hydrogens is 134 g/mol. The summed E-state index contributed by atoms with van der Waals surface area (Å²) in [6.45, 7) is 0.0644. The molecule has 1 saturated heterocycles. The van der Waals surface area contributed by atoms with Crippen LogP contribution in [0.15, 0.2) is 0 Å². The van der Waals surface area contributed by atoms with Crippen molar-refractivity contribution in [1.82, 2.24) is 0 Å². The summed E-state index contributed by atoms with van der Waals surface area (Å²) in [6.07, 6.45) is 0.0494. The van der Waals surface area contributed by atoms with Crippen LogP contribution in [0.5, 0.6) is 0 Å². The number of halogens is 1. The van der Waals surface area contributed by atoms with Crippen LogP contribution < -0.4 is 0 Å². The maximum atomic E-state index is 12.1. The zero-order valence-electron chi connectivity index (χ0n) is 4.08. The van der Waals surface area contributed by atoms with E-state index in [9.17, 15) is 8.96 Å². The van der Waals surface area contributed by atoms with Crippen molar-refractivity contribution in [2.45, 2.75) is 12.3 Å². The molecule has 0 saturated carbocycles. The highest BCUT2D eigenvalue weighted by Gasteiger charge is 2.37. The van der Waals surface area contributed by atoms with Gasteiger partial charge in [-0.25, -0.2) is 4.39 Å². The van der Waals surface area contributed by atoms with E-state index in [0.717, 1.165) is 0 Å². The normalized spacial score (nSPS) is 47.5. The third-order valence-electron chi connectivity index (χ3n) is 0.986. The molecule has 0 aromatic heterocycles. The molecule has 0 bridgehead atoms. The number of hydrogen-bond acceptors (Lipinski definition) is 2. The van der Waals surface area contributed by atoms with E-state index in [4.69, 9.17) is 4.89 Å². The van der Waals surface area contributed by atoms with Gasteiger partial charge in [0.2, 0.25) is 5.91 Å². The van der Waals surface area contributed by atoms with Crippen LogP contribution in [-0.2, 0) is 9.09 Å². The Morgan fingerprint density at radius 1 is 1.88 bits per heavy atom. The predicted molar refractivity (Wildman–Crippen MR) is 25.3 cm³/mol. The molecule has 8 heavy (non-hydrogen) atoms. The molecule has 1 aliphatic rings. The summed E-state index contributed by atoms with van der Waals surface area (Å²) in [6, 6.07) is 0. The molecule has 1 fully saturated rings. The molecule has 1 N–H and O–H groups in total. The molecule has 0 aromatic rings. The molecular formula is C3H6FO3P. The van der Waals surface area contributed by atoms with Crippen LogP contribution in [0, 0.1) is 0 Å². The first-order chi connectivity index (χ1) is 3.63. The van der Waals surface area contributed by atoms with E-state index in [0.29, 0.717) is 0 Å². The van der Waals surface area contributed by atoms with Gasteiger partial charge in [0.05, 0.1) is 6.61 Å². The third kappa shape index (κ3) is 0.917. The van der Waals surface area contributed by atoms with Crippen LogP contribution in [0.3, 0.4) is 0 Å². The molecule has 0 aliphatic carbocycles. The minimum Gasteiger partial charge on any atom is -0.322 e. The van der Waals surface area contributed by atoms with Crippen molar-refractivity contribution in [2.75, 3.05) is 6.61 Å². The molecule has 1 rings (SSSR count). The first-order valence-electron chi connectivity index (χ1n) is 2.24. The first kappa shape index (κ1) is 6.20. The lowest BCUT2D eigenvalue weighted by atomic mass is 10.5. The summed E-state index contributed by atoms with van der Waals surface area (Å²) in [5.74, 6) is -1.65. The van der Waals surface area contributed by atoms with E-state index in [-0.39, 0.29) is 13.0 Å². The van der Waals surface area contributed by atoms with Crippen molar-refractivity contribution in [3.63, 3.8) is 0 Å². The van der Waals surface area contributed by atoms with Crippen LogP contribution in [0.25, 0.3) is 0 Å². The molecule has 2 atom stereocenters. The van der Waals surface area contributed by atoms with Gasteiger partial charge in [0.25, 0.3) is 0 Å². The molecule has 0 amide bonds. The number of alkyl halides is 1. The molecule has 0 spiro atoms. The third-order valence-corrected chi connectivity index (χ3v) is 2.51. The monoisotopic (exact) mass is 140 g/mol. The van der Waals surface area contributed by atoms with Crippen LogP contribution in [0.1, 0.15) is 6.42 Å². The Labute approximate surface area is 46.0 Å². The Kier molecular flexibility index (Phi) is 1.39. The summed E-state index contributed by atoms with van der Waals surface area (Å²) in [7, 11) is -3.80. The Morgan fingerprint density at radius 2 is 2.50 bits per heavy atom. The molecule has 48 valence electrons. The van der Waals surface area contributed by atoms with Gasteiger partial charge in [0.1, 0.15) is 0 Å². The largest absolute Gasteiger partial charge is 0.362 e. The smallest absolute Gasteiger partial charge is 0.322 e. The van der Waals surface area contributed by atoms with Gasteiger partial charge >= 0.3 is 7.60 Å². The summed E-state index contributed by atoms with van der Waals surface area (Å²) in [5, 5.41) is 0. The van der Waals surface area contributed by atoms with Gasteiger partial charge in [0.15, 0.2) is 0 Å². The van der Waals surface area contributed by atoms with Crippen molar-refractivity contribution >= 4 is 7.60 Å². The summed E-state index contributed by atoms with van der Waals surface area (Å²) < 4.78 is 26.6. The predicted octanol–water partition coefficient (Wildman–Crippen LogP) is 0.888. The maximum absolute atomic E-state index is 12.1. The zero-order valence-corrected chi connectivity index (χ0v) is 4.97. The van der Waals surface area contributed by atoms with Crippen LogP contribution >= 0.6 is 7.60 Å². The Hall–Kier alpha value is 0.0800. The highest BCUT2D eigenvalue weighted by molar-refractivity contribution is 7.53. The average Bonchev–Trinajstić information content (AvgIpc) is 1.86. The second kappa shape index (κ2) is 1.79. The topological polar surface area (TPSA) is 46.5 Å². The molecule has 1 heterocycles. The highest BCUT2D eigenvalue weighted by Crippen LogP contribution is 2.54. The fourth-order valence-electron chi connectivity index (χ4n) is 0.525. The summed E-state index contributed by atoms with van der Waals surface area (Å²) in [5.41, 5.74) is 0. The molecule has 5 heteroatoms. The summed E-state index contributed by atoms with van der Waals surface area (Å²) >= 11 is 0. The van der Waals surface area contributed by atoms with E-state index in [2.05, 4.69) is 4.52 Å². The Bertz CT molecular complexity index is 136. The standard InChI is InChI=1S/C3H6FO3P/c4-3-1-2-7-8(3,5)6/h3H,1-2H2,(H,5,6). The van der Waals surface area contributed by atoms with Crippen molar-refractivity contribution in [1.29, 1.82) is 0 Å². The summed E-state index contributed by atoms with van der Waals surface area (Å²) in [4.78, 5) is 8.42. The van der Waals surface area contributed by atoms with Crippen molar-refractivity contribution in [3.8, 4) is 0 Å². The zero-order chi connectivity index (χ0) is 6.20. The van der Waals surface area contributed by atoms with E-state index >= 15 is 0 Å². The van der Waals surface area contributed by atoms with Gasteiger partial charge < -0.3 is 9.42 Å². The molecule has 0 aromatic carbocycles.